The molecule has 0 fully saturated rings. The number of carboxylic acids is 1. The van der Waals surface area contributed by atoms with E-state index in [1.807, 2.05) is 0 Å². The number of carboxylic acid groups (broad SMARTS) is 1. The molecule has 0 atom stereocenters. The zero-order chi connectivity index (χ0) is 13.0. The summed E-state index contributed by atoms with van der Waals surface area (Å²) >= 11 is 0. The highest BCUT2D eigenvalue weighted by atomic mass is 16.5. The van der Waals surface area contributed by atoms with Gasteiger partial charge in [0.1, 0.15) is 5.56 Å². The molecule has 4 nitrogen and oxygen atoms in total. The molecule has 0 unspecified atom stereocenters. The topological polar surface area (TPSA) is 59.4 Å². The Morgan fingerprint density at radius 2 is 2.22 bits per heavy atom. The number of hydrogen-bond donors (Lipinski definition) is 1. The number of fused-ring (bicyclic) bond motifs is 1. The standard InChI is InChI=1S/C14H19NO3/c1-2-3-8-18-13-11(14(16)17)9-10-6-4-5-7-12(10)15-13/h9H,2-8H2,1H3,(H,16,17). The molecule has 4 heteroatoms. The Bertz CT molecular complexity index is 443. The normalized spacial score (nSPS) is 14.1. The second-order valence-electron chi connectivity index (χ2n) is 4.66. The van der Waals surface area contributed by atoms with E-state index in [1.165, 1.54) is 0 Å². The van der Waals surface area contributed by atoms with Crippen LogP contribution in [0.1, 0.15) is 54.2 Å². The van der Waals surface area contributed by atoms with Crippen LogP contribution in [0.2, 0.25) is 0 Å². The molecule has 0 aromatic carbocycles. The molecule has 1 N–H and O–H groups in total. The maximum Gasteiger partial charge on any atom is 0.341 e. The van der Waals surface area contributed by atoms with Gasteiger partial charge in [-0.3, -0.25) is 0 Å². The number of rotatable bonds is 5. The van der Waals surface area contributed by atoms with Crippen LogP contribution >= 0.6 is 0 Å². The SMILES string of the molecule is CCCCOc1nc2c(cc1C(=O)O)CCCC2. The Morgan fingerprint density at radius 1 is 1.44 bits per heavy atom. The van der Waals surface area contributed by atoms with Gasteiger partial charge in [-0.2, -0.15) is 0 Å². The van der Waals surface area contributed by atoms with E-state index < -0.39 is 5.97 Å². The molecule has 1 aliphatic carbocycles. The maximum atomic E-state index is 11.2. The minimum atomic E-state index is -0.956. The summed E-state index contributed by atoms with van der Waals surface area (Å²) in [5.74, 6) is -0.668. The Labute approximate surface area is 107 Å². The van der Waals surface area contributed by atoms with E-state index in [0.29, 0.717) is 6.61 Å². The van der Waals surface area contributed by atoms with Gasteiger partial charge in [0.25, 0.3) is 0 Å². The number of hydrogen-bond acceptors (Lipinski definition) is 3. The predicted octanol–water partition coefficient (Wildman–Crippen LogP) is 2.84. The lowest BCUT2D eigenvalue weighted by Gasteiger charge is -2.17. The number of ether oxygens (including phenoxy) is 1. The van der Waals surface area contributed by atoms with Crippen molar-refractivity contribution < 1.29 is 14.6 Å². The van der Waals surface area contributed by atoms with Crippen LogP contribution in [-0.2, 0) is 12.8 Å². The molecular formula is C14H19NO3. The summed E-state index contributed by atoms with van der Waals surface area (Å²) in [6.07, 6.45) is 6.03. The lowest BCUT2D eigenvalue weighted by atomic mass is 9.95. The molecule has 18 heavy (non-hydrogen) atoms. The molecule has 98 valence electrons. The third-order valence-electron chi connectivity index (χ3n) is 3.23. The molecule has 1 aliphatic rings. The number of nitrogens with zero attached hydrogens (tertiary/aromatic N) is 1. The van der Waals surface area contributed by atoms with Crippen LogP contribution in [0.4, 0.5) is 0 Å². The first kappa shape index (κ1) is 12.9. The summed E-state index contributed by atoms with van der Waals surface area (Å²) in [7, 11) is 0. The van der Waals surface area contributed by atoms with Gasteiger partial charge in [0.15, 0.2) is 0 Å². The smallest absolute Gasteiger partial charge is 0.341 e. The van der Waals surface area contributed by atoms with Crippen molar-refractivity contribution in [2.24, 2.45) is 0 Å². The Morgan fingerprint density at radius 3 is 2.94 bits per heavy atom. The monoisotopic (exact) mass is 249 g/mol. The second kappa shape index (κ2) is 5.85. The van der Waals surface area contributed by atoms with Crippen LogP contribution in [0, 0.1) is 0 Å². The molecule has 0 saturated heterocycles. The van der Waals surface area contributed by atoms with Gasteiger partial charge in [0.2, 0.25) is 5.88 Å². The minimum Gasteiger partial charge on any atom is -0.477 e. The lowest BCUT2D eigenvalue weighted by molar-refractivity contribution is 0.0691. The van der Waals surface area contributed by atoms with Crippen LogP contribution in [0.3, 0.4) is 0 Å². The van der Waals surface area contributed by atoms with Gasteiger partial charge in [-0.15, -0.1) is 0 Å². The molecule has 1 heterocycles. The quantitative estimate of drug-likeness (QED) is 0.815. The van der Waals surface area contributed by atoms with Crippen molar-refractivity contribution in [3.63, 3.8) is 0 Å². The number of pyridine rings is 1. The highest BCUT2D eigenvalue weighted by Gasteiger charge is 2.19. The summed E-state index contributed by atoms with van der Waals surface area (Å²) < 4.78 is 5.51. The van der Waals surface area contributed by atoms with Crippen LogP contribution in [0.15, 0.2) is 6.07 Å². The molecule has 1 aromatic rings. The summed E-state index contributed by atoms with van der Waals surface area (Å²) in [6.45, 7) is 2.60. The van der Waals surface area contributed by atoms with Crippen molar-refractivity contribution in [2.75, 3.05) is 6.61 Å². The van der Waals surface area contributed by atoms with E-state index in [-0.39, 0.29) is 11.4 Å². The fourth-order valence-electron chi connectivity index (χ4n) is 2.19. The molecule has 0 saturated carbocycles. The molecule has 0 aliphatic heterocycles. The molecule has 0 radical (unpaired) electrons. The van der Waals surface area contributed by atoms with E-state index in [1.54, 1.807) is 6.07 Å². The number of carbonyl (C=O) groups is 1. The third-order valence-corrected chi connectivity index (χ3v) is 3.23. The molecule has 2 rings (SSSR count). The Kier molecular flexibility index (Phi) is 4.18. The average Bonchev–Trinajstić information content (AvgIpc) is 2.38. The Balaban J connectivity index is 2.27. The predicted molar refractivity (Wildman–Crippen MR) is 68.2 cm³/mol. The molecule has 0 spiro atoms. The van der Waals surface area contributed by atoms with E-state index in [2.05, 4.69) is 11.9 Å². The Hall–Kier alpha value is -1.58. The van der Waals surface area contributed by atoms with Crippen molar-refractivity contribution in [3.05, 3.63) is 22.9 Å². The third kappa shape index (κ3) is 2.81. The van der Waals surface area contributed by atoms with Gasteiger partial charge < -0.3 is 9.84 Å². The van der Waals surface area contributed by atoms with Crippen molar-refractivity contribution in [3.8, 4) is 5.88 Å². The van der Waals surface area contributed by atoms with Crippen molar-refractivity contribution in [1.29, 1.82) is 0 Å². The summed E-state index contributed by atoms with van der Waals surface area (Å²) in [4.78, 5) is 15.6. The summed E-state index contributed by atoms with van der Waals surface area (Å²) in [5.41, 5.74) is 2.28. The average molecular weight is 249 g/mol. The van der Waals surface area contributed by atoms with Crippen LogP contribution < -0.4 is 4.74 Å². The highest BCUT2D eigenvalue weighted by molar-refractivity contribution is 5.90. The lowest BCUT2D eigenvalue weighted by Crippen LogP contribution is -2.12. The molecular weight excluding hydrogens is 230 g/mol. The molecule has 0 bridgehead atoms. The summed E-state index contributed by atoms with van der Waals surface area (Å²) in [5, 5.41) is 9.20. The highest BCUT2D eigenvalue weighted by Crippen LogP contribution is 2.26. The zero-order valence-corrected chi connectivity index (χ0v) is 10.7. The fourth-order valence-corrected chi connectivity index (χ4v) is 2.19. The van der Waals surface area contributed by atoms with Crippen LogP contribution in [0.25, 0.3) is 0 Å². The number of aryl methyl sites for hydroxylation is 2. The van der Waals surface area contributed by atoms with E-state index in [0.717, 1.165) is 49.8 Å². The number of aromatic nitrogens is 1. The minimum absolute atomic E-state index is 0.201. The number of unbranched alkanes of at least 4 members (excludes halogenated alkanes) is 1. The largest absolute Gasteiger partial charge is 0.477 e. The zero-order valence-electron chi connectivity index (χ0n) is 10.7. The van der Waals surface area contributed by atoms with Gasteiger partial charge in [0.05, 0.1) is 6.61 Å². The van der Waals surface area contributed by atoms with Crippen molar-refractivity contribution in [2.45, 2.75) is 45.4 Å². The van der Waals surface area contributed by atoms with Crippen molar-refractivity contribution in [1.82, 2.24) is 4.98 Å². The maximum absolute atomic E-state index is 11.2. The molecule has 1 aromatic heterocycles. The molecule has 0 amide bonds. The van der Waals surface area contributed by atoms with E-state index in [9.17, 15) is 9.90 Å². The van der Waals surface area contributed by atoms with Gasteiger partial charge in [-0.25, -0.2) is 9.78 Å². The van der Waals surface area contributed by atoms with E-state index in [4.69, 9.17) is 4.74 Å². The second-order valence-corrected chi connectivity index (χ2v) is 4.66. The van der Waals surface area contributed by atoms with Gasteiger partial charge >= 0.3 is 5.97 Å². The number of aromatic carboxylic acids is 1. The van der Waals surface area contributed by atoms with Crippen LogP contribution in [-0.4, -0.2) is 22.7 Å². The van der Waals surface area contributed by atoms with Crippen LogP contribution in [0.5, 0.6) is 5.88 Å². The van der Waals surface area contributed by atoms with Gasteiger partial charge in [-0.1, -0.05) is 13.3 Å². The first-order chi connectivity index (χ1) is 8.72. The first-order valence-electron chi connectivity index (χ1n) is 6.61. The van der Waals surface area contributed by atoms with Gasteiger partial charge in [-0.05, 0) is 43.7 Å². The van der Waals surface area contributed by atoms with E-state index >= 15 is 0 Å². The first-order valence-corrected chi connectivity index (χ1v) is 6.61. The fraction of sp³-hybridized carbons (Fsp3) is 0.571. The van der Waals surface area contributed by atoms with Gasteiger partial charge in [0, 0.05) is 5.69 Å². The summed E-state index contributed by atoms with van der Waals surface area (Å²) in [6, 6.07) is 1.74. The van der Waals surface area contributed by atoms with Crippen molar-refractivity contribution >= 4 is 5.97 Å².